The smallest absolute Gasteiger partial charge is 0.321 e. The summed E-state index contributed by atoms with van der Waals surface area (Å²) >= 11 is 5.89. The zero-order chi connectivity index (χ0) is 21.3. The highest BCUT2D eigenvalue weighted by molar-refractivity contribution is 6.30. The predicted molar refractivity (Wildman–Crippen MR) is 114 cm³/mol. The van der Waals surface area contributed by atoms with Gasteiger partial charge in [-0.25, -0.2) is 9.78 Å². The van der Waals surface area contributed by atoms with Gasteiger partial charge in [-0.1, -0.05) is 16.8 Å². The number of aryl methyl sites for hydroxylation is 1. The first kappa shape index (κ1) is 20.2. The van der Waals surface area contributed by atoms with E-state index in [-0.39, 0.29) is 17.9 Å². The van der Waals surface area contributed by atoms with Crippen molar-refractivity contribution in [3.05, 3.63) is 52.3 Å². The number of urea groups is 1. The summed E-state index contributed by atoms with van der Waals surface area (Å²) in [5.41, 5.74) is 3.00. The molecule has 30 heavy (non-hydrogen) atoms. The highest BCUT2D eigenvalue weighted by Gasteiger charge is 2.29. The van der Waals surface area contributed by atoms with Crippen LogP contribution in [-0.2, 0) is 0 Å². The molecule has 1 aliphatic rings. The molecule has 2 N–H and O–H groups in total. The van der Waals surface area contributed by atoms with Crippen molar-refractivity contribution in [3.63, 3.8) is 0 Å². The highest BCUT2D eigenvalue weighted by Crippen LogP contribution is 2.34. The second-order valence-corrected chi connectivity index (χ2v) is 7.77. The molecule has 9 heteroatoms. The van der Waals surface area contributed by atoms with Crippen molar-refractivity contribution in [1.82, 2.24) is 20.4 Å². The Morgan fingerprint density at radius 3 is 2.57 bits per heavy atom. The van der Waals surface area contributed by atoms with Gasteiger partial charge in [-0.2, -0.15) is 0 Å². The van der Waals surface area contributed by atoms with Crippen LogP contribution in [0.2, 0.25) is 5.02 Å². The van der Waals surface area contributed by atoms with Crippen molar-refractivity contribution in [2.24, 2.45) is 0 Å². The summed E-state index contributed by atoms with van der Waals surface area (Å²) in [7, 11) is 1.59. The maximum atomic E-state index is 12.6. The fourth-order valence-electron chi connectivity index (χ4n) is 3.78. The van der Waals surface area contributed by atoms with Gasteiger partial charge in [0.25, 0.3) is 11.6 Å². The maximum absolute atomic E-state index is 12.6. The van der Waals surface area contributed by atoms with Gasteiger partial charge in [-0.3, -0.25) is 4.79 Å². The third-order valence-corrected chi connectivity index (χ3v) is 5.59. The van der Waals surface area contributed by atoms with E-state index in [0.717, 1.165) is 18.5 Å². The van der Waals surface area contributed by atoms with Gasteiger partial charge in [0, 0.05) is 42.5 Å². The topological polar surface area (TPSA) is 100 Å². The summed E-state index contributed by atoms with van der Waals surface area (Å²) in [6.07, 6.45) is 1.44. The summed E-state index contributed by atoms with van der Waals surface area (Å²) in [4.78, 5) is 31.1. The quantitative estimate of drug-likeness (QED) is 0.659. The molecular weight excluding hydrogens is 406 g/mol. The molecule has 3 aromatic rings. The number of hydrogen-bond donors (Lipinski definition) is 2. The van der Waals surface area contributed by atoms with Crippen LogP contribution in [0.5, 0.6) is 0 Å². The Kier molecular flexibility index (Phi) is 5.59. The summed E-state index contributed by atoms with van der Waals surface area (Å²) in [6.45, 7) is 2.96. The van der Waals surface area contributed by atoms with Crippen LogP contribution in [0.3, 0.4) is 0 Å². The number of anilines is 1. The van der Waals surface area contributed by atoms with Crippen LogP contribution in [0.4, 0.5) is 10.5 Å². The van der Waals surface area contributed by atoms with Crippen LogP contribution >= 0.6 is 11.6 Å². The Morgan fingerprint density at radius 1 is 1.20 bits per heavy atom. The normalized spacial score (nSPS) is 14.7. The lowest BCUT2D eigenvalue weighted by Gasteiger charge is -2.31. The molecule has 0 saturated carbocycles. The minimum Gasteiger partial charge on any atom is -0.355 e. The van der Waals surface area contributed by atoms with Crippen molar-refractivity contribution in [1.29, 1.82) is 0 Å². The van der Waals surface area contributed by atoms with Crippen molar-refractivity contribution in [2.75, 3.05) is 25.5 Å². The molecule has 1 aliphatic heterocycles. The van der Waals surface area contributed by atoms with E-state index in [4.69, 9.17) is 16.1 Å². The Labute approximate surface area is 178 Å². The lowest BCUT2D eigenvalue weighted by molar-refractivity contribution is 0.0964. The molecule has 1 saturated heterocycles. The SMILES string of the molecule is CNC(=O)c1cc(C)nc2onc(C3CCN(C(=O)Nc4ccc(Cl)cc4)CC3)c12. The van der Waals surface area contributed by atoms with Gasteiger partial charge in [0.15, 0.2) is 0 Å². The van der Waals surface area contributed by atoms with Crippen LogP contribution in [0.25, 0.3) is 11.1 Å². The number of aromatic nitrogens is 2. The molecule has 0 atom stereocenters. The Balaban J connectivity index is 1.49. The molecule has 0 aliphatic carbocycles. The standard InChI is InChI=1S/C21H22ClN5O3/c1-12-11-16(19(28)23-2)17-18(26-30-20(17)24-12)13-7-9-27(10-8-13)21(29)25-15-5-3-14(22)4-6-15/h3-6,11,13H,7-10H2,1-2H3,(H,23,28)(H,25,29). The number of hydrogen-bond acceptors (Lipinski definition) is 5. The molecule has 8 nitrogen and oxygen atoms in total. The number of carbonyl (C=O) groups is 2. The van der Waals surface area contributed by atoms with Crippen molar-refractivity contribution >= 4 is 40.3 Å². The number of benzene rings is 1. The Morgan fingerprint density at radius 2 is 1.90 bits per heavy atom. The number of likely N-dealkylation sites (tertiary alicyclic amines) is 1. The maximum Gasteiger partial charge on any atom is 0.321 e. The third-order valence-electron chi connectivity index (χ3n) is 5.34. The number of nitrogens with one attached hydrogen (secondary N) is 2. The minimum absolute atomic E-state index is 0.0822. The summed E-state index contributed by atoms with van der Waals surface area (Å²) in [5, 5.41) is 11.1. The van der Waals surface area contributed by atoms with Gasteiger partial charge in [0.1, 0.15) is 0 Å². The number of carbonyl (C=O) groups excluding carboxylic acids is 2. The molecule has 3 amide bonds. The highest BCUT2D eigenvalue weighted by atomic mass is 35.5. The van der Waals surface area contributed by atoms with Gasteiger partial charge < -0.3 is 20.1 Å². The molecule has 1 aromatic carbocycles. The molecule has 0 unspecified atom stereocenters. The van der Waals surface area contributed by atoms with E-state index in [1.54, 1.807) is 42.3 Å². The van der Waals surface area contributed by atoms with E-state index in [9.17, 15) is 9.59 Å². The largest absolute Gasteiger partial charge is 0.355 e. The van der Waals surface area contributed by atoms with E-state index in [1.165, 1.54) is 0 Å². The number of halogens is 1. The van der Waals surface area contributed by atoms with E-state index in [1.807, 2.05) is 6.92 Å². The summed E-state index contributed by atoms with van der Waals surface area (Å²) in [6, 6.07) is 8.60. The number of nitrogens with zero attached hydrogens (tertiary/aromatic N) is 3. The first-order chi connectivity index (χ1) is 14.5. The van der Waals surface area contributed by atoms with E-state index < -0.39 is 0 Å². The zero-order valence-electron chi connectivity index (χ0n) is 16.7. The number of rotatable bonds is 3. The average molecular weight is 428 g/mol. The number of fused-ring (bicyclic) bond motifs is 1. The van der Waals surface area contributed by atoms with Gasteiger partial charge in [-0.15, -0.1) is 0 Å². The predicted octanol–water partition coefficient (Wildman–Crippen LogP) is 3.96. The van der Waals surface area contributed by atoms with Crippen molar-refractivity contribution in [3.8, 4) is 0 Å². The fourth-order valence-corrected chi connectivity index (χ4v) is 3.91. The monoisotopic (exact) mass is 427 g/mol. The Hall–Kier alpha value is -3.13. The van der Waals surface area contributed by atoms with E-state index >= 15 is 0 Å². The van der Waals surface area contributed by atoms with Gasteiger partial charge >= 0.3 is 6.03 Å². The molecule has 0 bridgehead atoms. The lowest BCUT2D eigenvalue weighted by Crippen LogP contribution is -2.40. The zero-order valence-corrected chi connectivity index (χ0v) is 17.5. The fraction of sp³-hybridized carbons (Fsp3) is 0.333. The minimum atomic E-state index is -0.199. The second kappa shape index (κ2) is 8.31. The summed E-state index contributed by atoms with van der Waals surface area (Å²) < 4.78 is 5.44. The number of pyridine rings is 1. The van der Waals surface area contributed by atoms with Crippen molar-refractivity contribution < 1.29 is 14.1 Å². The van der Waals surface area contributed by atoms with Crippen LogP contribution < -0.4 is 10.6 Å². The lowest BCUT2D eigenvalue weighted by atomic mass is 9.91. The van der Waals surface area contributed by atoms with Crippen LogP contribution in [0.15, 0.2) is 34.9 Å². The third kappa shape index (κ3) is 3.95. The second-order valence-electron chi connectivity index (χ2n) is 7.34. The number of piperidine rings is 1. The molecule has 1 fully saturated rings. The number of amides is 3. The molecule has 0 radical (unpaired) electrons. The van der Waals surface area contributed by atoms with E-state index in [0.29, 0.717) is 46.2 Å². The van der Waals surface area contributed by atoms with Crippen LogP contribution in [-0.4, -0.2) is 47.1 Å². The Bertz CT molecular complexity index is 1090. The molecule has 4 rings (SSSR count). The molecule has 2 aromatic heterocycles. The van der Waals surface area contributed by atoms with Gasteiger partial charge in [-0.05, 0) is 50.1 Å². The average Bonchev–Trinajstić information content (AvgIpc) is 3.18. The molecule has 0 spiro atoms. The van der Waals surface area contributed by atoms with E-state index in [2.05, 4.69) is 20.8 Å². The molecule has 156 valence electrons. The first-order valence-corrected chi connectivity index (χ1v) is 10.1. The van der Waals surface area contributed by atoms with Crippen LogP contribution in [0, 0.1) is 6.92 Å². The van der Waals surface area contributed by atoms with Crippen molar-refractivity contribution in [2.45, 2.75) is 25.7 Å². The van der Waals surface area contributed by atoms with Gasteiger partial charge in [0.2, 0.25) is 0 Å². The first-order valence-electron chi connectivity index (χ1n) is 9.76. The van der Waals surface area contributed by atoms with Gasteiger partial charge in [0.05, 0.1) is 16.6 Å². The van der Waals surface area contributed by atoms with Crippen LogP contribution in [0.1, 0.15) is 40.5 Å². The summed E-state index contributed by atoms with van der Waals surface area (Å²) in [5.74, 6) is -0.117. The molecular formula is C21H22ClN5O3. The molecule has 3 heterocycles.